The summed E-state index contributed by atoms with van der Waals surface area (Å²) in [6, 6.07) is 36.3. The van der Waals surface area contributed by atoms with Crippen molar-refractivity contribution >= 4 is 28.9 Å². The number of halogens is 1. The highest BCUT2D eigenvalue weighted by atomic mass is 35.5. The topological polar surface area (TPSA) is 77.1 Å². The summed E-state index contributed by atoms with van der Waals surface area (Å²) in [5, 5.41) is 18.4. The number of esters is 1. The first kappa shape index (κ1) is 31.1. The Morgan fingerprint density at radius 1 is 0.800 bits per heavy atom. The predicted molar refractivity (Wildman–Crippen MR) is 181 cm³/mol. The number of ether oxygens (including phenoxy) is 1. The molecule has 0 aromatic heterocycles. The number of para-hydroxylation sites is 1. The molecule has 2 heterocycles. The maximum atomic E-state index is 13.5. The Morgan fingerprint density at radius 3 is 2.00 bits per heavy atom. The van der Waals surface area contributed by atoms with E-state index in [9.17, 15) is 9.90 Å². The second kappa shape index (κ2) is 14.5. The van der Waals surface area contributed by atoms with Crippen LogP contribution in [0.4, 0.5) is 11.4 Å². The molecule has 6 rings (SSSR count). The van der Waals surface area contributed by atoms with E-state index in [0.717, 1.165) is 23.5 Å². The van der Waals surface area contributed by atoms with Gasteiger partial charge in [0.2, 0.25) is 0 Å². The van der Waals surface area contributed by atoms with Gasteiger partial charge in [0.25, 0.3) is 0 Å². The van der Waals surface area contributed by atoms with E-state index in [2.05, 4.69) is 56.8 Å². The van der Waals surface area contributed by atoms with Crippen molar-refractivity contribution < 1.29 is 14.6 Å². The van der Waals surface area contributed by atoms with Crippen LogP contribution in [0.15, 0.2) is 109 Å². The minimum atomic E-state index is -0.510. The molecule has 2 fully saturated rings. The Hall–Kier alpha value is -3.88. The molecule has 2 saturated heterocycles. The average Bonchev–Trinajstić information content (AvgIpc) is 3.66. The quantitative estimate of drug-likeness (QED) is 0.194. The number of rotatable bonds is 11. The Morgan fingerprint density at radius 2 is 1.38 bits per heavy atom. The van der Waals surface area contributed by atoms with E-state index in [1.807, 2.05) is 79.7 Å². The minimum Gasteiger partial charge on any atom is -0.458 e. The molecule has 0 aliphatic carbocycles. The van der Waals surface area contributed by atoms with E-state index in [1.165, 1.54) is 11.1 Å². The van der Waals surface area contributed by atoms with E-state index in [1.54, 1.807) is 0 Å². The molecule has 8 heteroatoms. The minimum absolute atomic E-state index is 0.0161. The van der Waals surface area contributed by atoms with Gasteiger partial charge in [-0.25, -0.2) is 0 Å². The molecule has 0 saturated carbocycles. The van der Waals surface area contributed by atoms with Gasteiger partial charge in [-0.2, -0.15) is 0 Å². The van der Waals surface area contributed by atoms with Crippen LogP contribution in [0.2, 0.25) is 5.02 Å². The summed E-state index contributed by atoms with van der Waals surface area (Å²) in [6.07, 6.45) is -0.811. The summed E-state index contributed by atoms with van der Waals surface area (Å²) in [5.74, 6) is -0.756. The largest absolute Gasteiger partial charge is 0.458 e. The number of benzene rings is 4. The molecule has 7 nitrogen and oxygen atoms in total. The Kier molecular flexibility index (Phi) is 10.0. The maximum Gasteiger partial charge on any atom is 0.313 e. The van der Waals surface area contributed by atoms with Crippen molar-refractivity contribution in [1.82, 2.24) is 10.6 Å². The van der Waals surface area contributed by atoms with E-state index < -0.39 is 12.0 Å². The van der Waals surface area contributed by atoms with Crippen LogP contribution < -0.4 is 20.4 Å². The second-order valence-corrected chi connectivity index (χ2v) is 12.5. The average molecular weight is 625 g/mol. The first-order chi connectivity index (χ1) is 21.9. The number of hydrogen-bond donors (Lipinski definition) is 3. The molecule has 2 aliphatic rings. The van der Waals surface area contributed by atoms with Crippen molar-refractivity contribution in [3.05, 3.63) is 131 Å². The fourth-order valence-corrected chi connectivity index (χ4v) is 6.56. The van der Waals surface area contributed by atoms with Crippen LogP contribution in [0.5, 0.6) is 0 Å². The molecular weight excluding hydrogens is 584 g/mol. The van der Waals surface area contributed by atoms with Crippen LogP contribution in [0.25, 0.3) is 0 Å². The second-order valence-electron chi connectivity index (χ2n) is 12.1. The van der Waals surface area contributed by atoms with Gasteiger partial charge in [-0.3, -0.25) is 4.79 Å². The molecule has 0 radical (unpaired) electrons. The van der Waals surface area contributed by atoms with Gasteiger partial charge in [0.05, 0.1) is 41.4 Å². The summed E-state index contributed by atoms with van der Waals surface area (Å²) >= 11 is 6.79. The molecule has 2 aliphatic heterocycles. The first-order valence-corrected chi connectivity index (χ1v) is 16.1. The number of aliphatic hydroxyl groups excluding tert-OH is 1. The standard InChI is InChI=1S/C37H41ClN4O3/c1-26(29-17-18-34(31(38)19-29)42-22-32(35(43)24-42)39-20-27-11-5-2-6-12-27)37(44)45-36-25-41(30-15-9-4-10-16-30)23-33(36)40-21-28-13-7-3-8-14-28/h2-19,26,32-33,35-36,39-40,43H,20-25H2,1H3. The number of hydrogen-bond acceptors (Lipinski definition) is 7. The zero-order valence-corrected chi connectivity index (χ0v) is 26.3. The van der Waals surface area contributed by atoms with E-state index in [4.69, 9.17) is 16.3 Å². The van der Waals surface area contributed by atoms with Crippen LogP contribution in [-0.4, -0.2) is 61.5 Å². The fraction of sp³-hybridized carbons (Fsp3) is 0.324. The van der Waals surface area contributed by atoms with Gasteiger partial charge in [-0.1, -0.05) is 96.5 Å². The zero-order valence-electron chi connectivity index (χ0n) is 25.6. The SMILES string of the molecule is CC(C(=O)OC1CN(c2ccccc2)CC1NCc1ccccc1)c1ccc(N2CC(O)C(NCc3ccccc3)C2)c(Cl)c1. The summed E-state index contributed by atoms with van der Waals surface area (Å²) in [4.78, 5) is 17.9. The summed E-state index contributed by atoms with van der Waals surface area (Å²) in [7, 11) is 0. The van der Waals surface area contributed by atoms with Gasteiger partial charge in [-0.15, -0.1) is 0 Å². The smallest absolute Gasteiger partial charge is 0.313 e. The lowest BCUT2D eigenvalue weighted by molar-refractivity contribution is -0.150. The van der Waals surface area contributed by atoms with Gasteiger partial charge < -0.3 is 30.3 Å². The van der Waals surface area contributed by atoms with Crippen LogP contribution in [0.3, 0.4) is 0 Å². The predicted octanol–water partition coefficient (Wildman–Crippen LogP) is 5.37. The number of nitrogens with zero attached hydrogens (tertiary/aromatic N) is 2. The summed E-state index contributed by atoms with van der Waals surface area (Å²) in [5.41, 5.74) is 5.13. The monoisotopic (exact) mass is 624 g/mol. The van der Waals surface area contributed by atoms with Crippen molar-refractivity contribution in [2.45, 2.75) is 50.2 Å². The zero-order chi connectivity index (χ0) is 31.2. The highest BCUT2D eigenvalue weighted by molar-refractivity contribution is 6.33. The van der Waals surface area contributed by atoms with Crippen LogP contribution >= 0.6 is 11.6 Å². The third kappa shape index (κ3) is 7.68. The van der Waals surface area contributed by atoms with Crippen LogP contribution in [-0.2, 0) is 22.6 Å². The number of aliphatic hydroxyl groups is 1. The highest BCUT2D eigenvalue weighted by Crippen LogP contribution is 2.33. The fourth-order valence-electron chi connectivity index (χ4n) is 6.25. The number of β-amino-alcohol motifs (C(OH)–C–C–N with tert-alkyl or cyclic N) is 1. The van der Waals surface area contributed by atoms with E-state index in [0.29, 0.717) is 37.7 Å². The van der Waals surface area contributed by atoms with Crippen LogP contribution in [0.1, 0.15) is 29.5 Å². The van der Waals surface area contributed by atoms with Crippen molar-refractivity contribution in [1.29, 1.82) is 0 Å². The molecule has 0 bridgehead atoms. The van der Waals surface area contributed by atoms with Crippen LogP contribution in [0, 0.1) is 0 Å². The number of carbonyl (C=O) groups excluding carboxylic acids is 1. The maximum absolute atomic E-state index is 13.5. The van der Waals surface area contributed by atoms with E-state index >= 15 is 0 Å². The molecular formula is C37H41ClN4O3. The molecule has 5 unspecified atom stereocenters. The molecule has 4 aromatic rings. The Bertz CT molecular complexity index is 1540. The molecule has 4 aromatic carbocycles. The number of carbonyl (C=O) groups is 1. The summed E-state index contributed by atoms with van der Waals surface area (Å²) in [6.45, 7) is 5.74. The van der Waals surface area contributed by atoms with Crippen molar-refractivity contribution in [2.24, 2.45) is 0 Å². The number of nitrogens with one attached hydrogen (secondary N) is 2. The van der Waals surface area contributed by atoms with Gasteiger partial charge in [0, 0.05) is 38.4 Å². The first-order valence-electron chi connectivity index (χ1n) is 15.7. The molecule has 45 heavy (non-hydrogen) atoms. The number of anilines is 2. The molecule has 0 spiro atoms. The highest BCUT2D eigenvalue weighted by Gasteiger charge is 2.37. The normalized spacial score (nSPS) is 22.0. The lowest BCUT2D eigenvalue weighted by Crippen LogP contribution is -2.41. The molecule has 5 atom stereocenters. The molecule has 3 N–H and O–H groups in total. The molecule has 0 amide bonds. The van der Waals surface area contributed by atoms with Crippen molar-refractivity contribution in [3.8, 4) is 0 Å². The van der Waals surface area contributed by atoms with Gasteiger partial charge in [-0.05, 0) is 47.9 Å². The lowest BCUT2D eigenvalue weighted by atomic mass is 10.0. The van der Waals surface area contributed by atoms with Crippen molar-refractivity contribution in [3.63, 3.8) is 0 Å². The Balaban J connectivity index is 1.09. The van der Waals surface area contributed by atoms with Gasteiger partial charge in [0.1, 0.15) is 6.10 Å². The van der Waals surface area contributed by atoms with Crippen molar-refractivity contribution in [2.75, 3.05) is 36.0 Å². The van der Waals surface area contributed by atoms with Gasteiger partial charge >= 0.3 is 5.97 Å². The van der Waals surface area contributed by atoms with E-state index in [-0.39, 0.29) is 24.2 Å². The van der Waals surface area contributed by atoms with Gasteiger partial charge in [0.15, 0.2) is 0 Å². The lowest BCUT2D eigenvalue weighted by Gasteiger charge is -2.23. The summed E-state index contributed by atoms with van der Waals surface area (Å²) < 4.78 is 6.20. The Labute approximate surface area is 270 Å². The third-order valence-corrected chi connectivity index (χ3v) is 9.24. The third-order valence-electron chi connectivity index (χ3n) is 8.93. The molecule has 234 valence electrons.